The largest absolute Gasteiger partial charge is 0.302 e. The minimum atomic E-state index is 0.610. The van der Waals surface area contributed by atoms with Crippen molar-refractivity contribution in [1.82, 2.24) is 9.88 Å². The Balaban J connectivity index is 2.42. The third-order valence-electron chi connectivity index (χ3n) is 2.73. The summed E-state index contributed by atoms with van der Waals surface area (Å²) < 4.78 is 0. The van der Waals surface area contributed by atoms with Gasteiger partial charge in [-0.2, -0.15) is 0 Å². The van der Waals surface area contributed by atoms with Crippen LogP contribution >= 0.6 is 11.6 Å². The van der Waals surface area contributed by atoms with Crippen LogP contribution in [-0.2, 0) is 6.54 Å². The maximum Gasteiger partial charge on any atom is 0.134 e. The number of nitrogens with zero attached hydrogens (tertiary/aromatic N) is 2. The Kier molecular flexibility index (Phi) is 3.42. The Morgan fingerprint density at radius 2 is 2.06 bits per heavy atom. The van der Waals surface area contributed by atoms with Crippen LogP contribution in [0.4, 0.5) is 0 Å². The van der Waals surface area contributed by atoms with Crippen LogP contribution in [0, 0.1) is 0 Å². The molecule has 0 amide bonds. The average molecular weight is 235 g/mol. The first kappa shape index (κ1) is 11.4. The van der Waals surface area contributed by atoms with Crippen molar-refractivity contribution in [2.75, 3.05) is 13.6 Å². The quantitative estimate of drug-likeness (QED) is 0.758. The Labute approximate surface area is 101 Å². The summed E-state index contributed by atoms with van der Waals surface area (Å²) >= 11 is 6.17. The third kappa shape index (κ3) is 2.34. The first-order chi connectivity index (χ1) is 7.70. The van der Waals surface area contributed by atoms with Gasteiger partial charge in [-0.1, -0.05) is 36.7 Å². The average Bonchev–Trinajstić information content (AvgIpc) is 2.30. The number of pyridine rings is 1. The van der Waals surface area contributed by atoms with Crippen molar-refractivity contribution in [2.24, 2.45) is 0 Å². The predicted molar refractivity (Wildman–Crippen MR) is 68.8 cm³/mol. The van der Waals surface area contributed by atoms with Gasteiger partial charge in [0.15, 0.2) is 0 Å². The molecule has 0 bridgehead atoms. The number of fused-ring (bicyclic) bond motifs is 1. The highest BCUT2D eigenvalue weighted by Crippen LogP contribution is 2.21. The fourth-order valence-electron chi connectivity index (χ4n) is 1.65. The van der Waals surface area contributed by atoms with Crippen molar-refractivity contribution in [1.29, 1.82) is 0 Å². The molecule has 2 aromatic rings. The molecule has 2 rings (SSSR count). The zero-order chi connectivity index (χ0) is 11.5. The van der Waals surface area contributed by atoms with Gasteiger partial charge in [-0.25, -0.2) is 4.98 Å². The lowest BCUT2D eigenvalue weighted by Gasteiger charge is -2.14. The zero-order valence-corrected chi connectivity index (χ0v) is 10.3. The summed E-state index contributed by atoms with van der Waals surface area (Å²) in [6.45, 7) is 3.97. The van der Waals surface area contributed by atoms with Gasteiger partial charge in [0.2, 0.25) is 0 Å². The number of hydrogen-bond donors (Lipinski definition) is 0. The highest BCUT2D eigenvalue weighted by atomic mass is 35.5. The van der Waals surface area contributed by atoms with Crippen LogP contribution in [0.2, 0.25) is 5.15 Å². The second kappa shape index (κ2) is 4.81. The predicted octanol–water partition coefficient (Wildman–Crippen LogP) is 3.34. The van der Waals surface area contributed by atoms with Gasteiger partial charge < -0.3 is 4.90 Å². The number of benzene rings is 1. The summed E-state index contributed by atoms with van der Waals surface area (Å²) in [5, 5.41) is 1.76. The van der Waals surface area contributed by atoms with Crippen molar-refractivity contribution in [3.63, 3.8) is 0 Å². The Morgan fingerprint density at radius 3 is 2.81 bits per heavy atom. The van der Waals surface area contributed by atoms with Gasteiger partial charge in [-0.3, -0.25) is 0 Å². The molecule has 1 aromatic carbocycles. The Bertz CT molecular complexity index is 496. The molecule has 0 unspecified atom stereocenters. The van der Waals surface area contributed by atoms with E-state index in [0.717, 1.165) is 29.6 Å². The van der Waals surface area contributed by atoms with Gasteiger partial charge in [0.05, 0.1) is 5.52 Å². The molecule has 84 valence electrons. The first-order valence-electron chi connectivity index (χ1n) is 5.43. The molecule has 16 heavy (non-hydrogen) atoms. The Morgan fingerprint density at radius 1 is 1.31 bits per heavy atom. The zero-order valence-electron chi connectivity index (χ0n) is 9.57. The number of para-hydroxylation sites is 1. The molecule has 0 atom stereocenters. The lowest BCUT2D eigenvalue weighted by Crippen LogP contribution is -2.17. The van der Waals surface area contributed by atoms with E-state index in [-0.39, 0.29) is 0 Å². The SMILES string of the molecule is CCN(C)Cc1cc2ccccc2nc1Cl. The molecule has 1 heterocycles. The van der Waals surface area contributed by atoms with E-state index in [1.807, 2.05) is 18.2 Å². The van der Waals surface area contributed by atoms with Crippen LogP contribution in [0.15, 0.2) is 30.3 Å². The summed E-state index contributed by atoms with van der Waals surface area (Å²) in [6.07, 6.45) is 0. The normalized spacial score (nSPS) is 11.2. The van der Waals surface area contributed by atoms with Crippen LogP contribution in [0.3, 0.4) is 0 Å². The van der Waals surface area contributed by atoms with Gasteiger partial charge in [-0.15, -0.1) is 0 Å². The van der Waals surface area contributed by atoms with Crippen LogP contribution in [0.1, 0.15) is 12.5 Å². The number of hydrogen-bond acceptors (Lipinski definition) is 2. The van der Waals surface area contributed by atoms with Crippen molar-refractivity contribution >= 4 is 22.5 Å². The van der Waals surface area contributed by atoms with E-state index < -0.39 is 0 Å². The minimum absolute atomic E-state index is 0.610. The van der Waals surface area contributed by atoms with E-state index in [4.69, 9.17) is 11.6 Å². The van der Waals surface area contributed by atoms with Gasteiger partial charge in [-0.05, 0) is 25.7 Å². The molecule has 0 aliphatic carbocycles. The van der Waals surface area contributed by atoms with E-state index in [1.165, 1.54) is 0 Å². The molecular formula is C13H15ClN2. The fraction of sp³-hybridized carbons (Fsp3) is 0.308. The summed E-state index contributed by atoms with van der Waals surface area (Å²) in [5.41, 5.74) is 2.04. The van der Waals surface area contributed by atoms with Crippen LogP contribution in [-0.4, -0.2) is 23.5 Å². The molecule has 0 saturated carbocycles. The third-order valence-corrected chi connectivity index (χ3v) is 3.06. The van der Waals surface area contributed by atoms with Crippen molar-refractivity contribution in [2.45, 2.75) is 13.5 Å². The highest BCUT2D eigenvalue weighted by Gasteiger charge is 2.06. The van der Waals surface area contributed by atoms with Crippen LogP contribution < -0.4 is 0 Å². The summed E-state index contributed by atoms with van der Waals surface area (Å²) in [7, 11) is 2.07. The van der Waals surface area contributed by atoms with E-state index in [1.54, 1.807) is 0 Å². The number of rotatable bonds is 3. The standard InChI is InChI=1S/C13H15ClN2/c1-3-16(2)9-11-8-10-6-4-5-7-12(10)15-13(11)14/h4-8H,3,9H2,1-2H3. The molecule has 0 saturated heterocycles. The Hall–Kier alpha value is -1.12. The molecule has 2 nitrogen and oxygen atoms in total. The minimum Gasteiger partial charge on any atom is -0.302 e. The smallest absolute Gasteiger partial charge is 0.134 e. The fourth-order valence-corrected chi connectivity index (χ4v) is 1.86. The van der Waals surface area contributed by atoms with Crippen molar-refractivity contribution in [3.8, 4) is 0 Å². The molecular weight excluding hydrogens is 220 g/mol. The summed E-state index contributed by atoms with van der Waals surface area (Å²) in [5.74, 6) is 0. The second-order valence-electron chi connectivity index (χ2n) is 3.96. The molecule has 3 heteroatoms. The van der Waals surface area contributed by atoms with Gasteiger partial charge >= 0.3 is 0 Å². The van der Waals surface area contributed by atoms with Gasteiger partial charge in [0, 0.05) is 17.5 Å². The lowest BCUT2D eigenvalue weighted by molar-refractivity contribution is 0.345. The highest BCUT2D eigenvalue weighted by molar-refractivity contribution is 6.30. The maximum atomic E-state index is 6.17. The van der Waals surface area contributed by atoms with E-state index in [0.29, 0.717) is 5.15 Å². The number of aromatic nitrogens is 1. The molecule has 0 spiro atoms. The molecule has 0 aliphatic heterocycles. The maximum absolute atomic E-state index is 6.17. The van der Waals surface area contributed by atoms with E-state index in [9.17, 15) is 0 Å². The van der Waals surface area contributed by atoms with E-state index >= 15 is 0 Å². The molecule has 0 fully saturated rings. The van der Waals surface area contributed by atoms with Crippen molar-refractivity contribution < 1.29 is 0 Å². The summed E-state index contributed by atoms with van der Waals surface area (Å²) in [4.78, 5) is 6.61. The summed E-state index contributed by atoms with van der Waals surface area (Å²) in [6, 6.07) is 10.2. The molecule has 1 aromatic heterocycles. The van der Waals surface area contributed by atoms with Gasteiger partial charge in [0.25, 0.3) is 0 Å². The molecule has 0 radical (unpaired) electrons. The first-order valence-corrected chi connectivity index (χ1v) is 5.81. The molecule has 0 N–H and O–H groups in total. The van der Waals surface area contributed by atoms with Crippen LogP contribution in [0.5, 0.6) is 0 Å². The van der Waals surface area contributed by atoms with Gasteiger partial charge in [0.1, 0.15) is 5.15 Å². The molecule has 0 aliphatic rings. The monoisotopic (exact) mass is 234 g/mol. The second-order valence-corrected chi connectivity index (χ2v) is 4.32. The van der Waals surface area contributed by atoms with Crippen molar-refractivity contribution in [3.05, 3.63) is 41.0 Å². The number of halogens is 1. The van der Waals surface area contributed by atoms with E-state index in [2.05, 4.69) is 36.0 Å². The lowest BCUT2D eigenvalue weighted by atomic mass is 10.1. The topological polar surface area (TPSA) is 16.1 Å². The van der Waals surface area contributed by atoms with Crippen LogP contribution in [0.25, 0.3) is 10.9 Å².